The zero-order valence-corrected chi connectivity index (χ0v) is 21.6. The highest BCUT2D eigenvalue weighted by Crippen LogP contribution is 2.32. The summed E-state index contributed by atoms with van der Waals surface area (Å²) >= 11 is 0. The number of benzene rings is 3. The van der Waals surface area contributed by atoms with E-state index in [1.807, 2.05) is 54.6 Å². The summed E-state index contributed by atoms with van der Waals surface area (Å²) in [5, 5.41) is 6.21. The van der Waals surface area contributed by atoms with E-state index in [0.29, 0.717) is 25.3 Å². The number of fused-ring (bicyclic) bond motifs is 1. The number of para-hydroxylation sites is 2. The Morgan fingerprint density at radius 2 is 1.82 bits per heavy atom. The molecule has 8 heteroatoms. The zero-order chi connectivity index (χ0) is 26.7. The number of aryl methyl sites for hydroxylation is 1. The lowest BCUT2D eigenvalue weighted by atomic mass is 10.0. The lowest BCUT2D eigenvalue weighted by Crippen LogP contribution is -2.56. The van der Waals surface area contributed by atoms with Crippen molar-refractivity contribution >= 4 is 29.1 Å². The molecule has 194 valence electrons. The first-order valence-corrected chi connectivity index (χ1v) is 12.7. The number of aromatic amines is 1. The average Bonchev–Trinajstić information content (AvgIpc) is 3.38. The van der Waals surface area contributed by atoms with Crippen molar-refractivity contribution in [3.63, 3.8) is 0 Å². The number of imidazole rings is 1. The molecule has 5 N–H and O–H groups in total. The molecule has 0 aliphatic carbocycles. The number of H-pyrrole nitrogens is 1. The van der Waals surface area contributed by atoms with Crippen LogP contribution in [0.5, 0.6) is 0 Å². The lowest BCUT2D eigenvalue weighted by molar-refractivity contribution is -0.130. The summed E-state index contributed by atoms with van der Waals surface area (Å²) in [5.74, 6) is 0.199. The minimum Gasteiger partial charge on any atom is -0.343 e. The molecule has 0 bridgehead atoms. The number of hydrogen-bond donors (Lipinski definition) is 4. The number of rotatable bonds is 7. The monoisotopic (exact) mass is 508 g/mol. The van der Waals surface area contributed by atoms with Gasteiger partial charge in [-0.2, -0.15) is 0 Å². The van der Waals surface area contributed by atoms with Gasteiger partial charge < -0.3 is 26.3 Å². The number of nitrogens with two attached hydrogens (primary N) is 1. The highest BCUT2D eigenvalue weighted by molar-refractivity contribution is 6.01. The number of nitrogens with zero attached hydrogens (tertiary/aromatic N) is 2. The summed E-state index contributed by atoms with van der Waals surface area (Å²) in [7, 11) is 0. The van der Waals surface area contributed by atoms with Crippen LogP contribution in [0.4, 0.5) is 17.3 Å². The second-order valence-electron chi connectivity index (χ2n) is 10.1. The van der Waals surface area contributed by atoms with Crippen molar-refractivity contribution in [1.82, 2.24) is 15.3 Å². The molecule has 2 amide bonds. The number of hydrogen-bond acceptors (Lipinski definition) is 5. The van der Waals surface area contributed by atoms with Crippen LogP contribution in [0.1, 0.15) is 31.4 Å². The standard InChI is InChI=1S/C30H32N6O2/c1-30(2,31)28(38)34-25-16-15-22-7-3-6-10-26(22)36(27(25)37)19-20-11-13-21(14-12-20)23-8-4-5-9-24(23)35-29-32-17-18-33-29/h3-14,17-18,25H,15-16,19,31H2,1-2H3,(H,34,38)(H2,32,33,35)/t25-/m1/s1. The topological polar surface area (TPSA) is 116 Å². The van der Waals surface area contributed by atoms with Crippen molar-refractivity contribution in [2.45, 2.75) is 44.8 Å². The van der Waals surface area contributed by atoms with Gasteiger partial charge in [-0.15, -0.1) is 0 Å². The Bertz CT molecular complexity index is 1420. The summed E-state index contributed by atoms with van der Waals surface area (Å²) in [6.07, 6.45) is 4.68. The van der Waals surface area contributed by atoms with Gasteiger partial charge in [-0.05, 0) is 55.5 Å². The van der Waals surface area contributed by atoms with Crippen molar-refractivity contribution < 1.29 is 9.59 Å². The van der Waals surface area contributed by atoms with Crippen LogP contribution in [0.2, 0.25) is 0 Å². The molecule has 1 atom stereocenters. The molecular weight excluding hydrogens is 476 g/mol. The third-order valence-electron chi connectivity index (χ3n) is 6.72. The first-order valence-electron chi connectivity index (χ1n) is 12.7. The van der Waals surface area contributed by atoms with E-state index in [0.717, 1.165) is 33.6 Å². The van der Waals surface area contributed by atoms with Crippen LogP contribution in [0.15, 0.2) is 85.2 Å². The van der Waals surface area contributed by atoms with Crippen molar-refractivity contribution in [2.75, 3.05) is 10.2 Å². The van der Waals surface area contributed by atoms with Crippen LogP contribution >= 0.6 is 0 Å². The molecule has 1 aliphatic rings. The van der Waals surface area contributed by atoms with Gasteiger partial charge in [0.15, 0.2) is 0 Å². The number of amides is 2. The first kappa shape index (κ1) is 25.2. The molecule has 8 nitrogen and oxygen atoms in total. The number of nitrogens with one attached hydrogen (secondary N) is 3. The van der Waals surface area contributed by atoms with E-state index in [1.165, 1.54) is 0 Å². The van der Waals surface area contributed by atoms with Crippen LogP contribution in [0.3, 0.4) is 0 Å². The average molecular weight is 509 g/mol. The minimum absolute atomic E-state index is 0.135. The van der Waals surface area contributed by atoms with Gasteiger partial charge in [0.1, 0.15) is 6.04 Å². The largest absolute Gasteiger partial charge is 0.343 e. The number of aromatic nitrogens is 2. The maximum absolute atomic E-state index is 13.7. The third kappa shape index (κ3) is 5.45. The molecule has 5 rings (SSSR count). The van der Waals surface area contributed by atoms with Crippen LogP contribution < -0.4 is 21.3 Å². The van der Waals surface area contributed by atoms with E-state index < -0.39 is 11.6 Å². The molecule has 2 heterocycles. The number of carbonyl (C=O) groups is 2. The van der Waals surface area contributed by atoms with E-state index in [2.05, 4.69) is 38.8 Å². The third-order valence-corrected chi connectivity index (χ3v) is 6.72. The molecule has 3 aromatic carbocycles. The Labute approximate surface area is 222 Å². The van der Waals surface area contributed by atoms with Crippen LogP contribution in [-0.2, 0) is 22.6 Å². The normalized spacial score (nSPS) is 15.5. The van der Waals surface area contributed by atoms with E-state index in [-0.39, 0.29) is 11.8 Å². The maximum Gasteiger partial charge on any atom is 0.249 e. The van der Waals surface area contributed by atoms with Gasteiger partial charge in [-0.3, -0.25) is 9.59 Å². The minimum atomic E-state index is -1.07. The van der Waals surface area contributed by atoms with Crippen molar-refractivity contribution in [1.29, 1.82) is 0 Å². The van der Waals surface area contributed by atoms with Crippen molar-refractivity contribution in [3.05, 3.63) is 96.3 Å². The number of carbonyl (C=O) groups excluding carboxylic acids is 2. The second kappa shape index (κ2) is 10.5. The fraction of sp³-hybridized carbons (Fsp3) is 0.233. The predicted octanol–water partition coefficient (Wildman–Crippen LogP) is 4.52. The highest BCUT2D eigenvalue weighted by atomic mass is 16.2. The van der Waals surface area contributed by atoms with E-state index in [9.17, 15) is 9.59 Å². The Balaban J connectivity index is 1.40. The summed E-state index contributed by atoms with van der Waals surface area (Å²) in [6, 6.07) is 23.5. The van der Waals surface area contributed by atoms with Crippen molar-refractivity contribution in [3.8, 4) is 11.1 Å². The van der Waals surface area contributed by atoms with E-state index >= 15 is 0 Å². The highest BCUT2D eigenvalue weighted by Gasteiger charge is 2.34. The van der Waals surface area contributed by atoms with Gasteiger partial charge in [0.2, 0.25) is 17.8 Å². The fourth-order valence-corrected chi connectivity index (χ4v) is 4.63. The quantitative estimate of drug-likeness (QED) is 0.293. The van der Waals surface area contributed by atoms with Crippen LogP contribution in [-0.4, -0.2) is 33.4 Å². The molecule has 1 aromatic heterocycles. The predicted molar refractivity (Wildman–Crippen MR) is 150 cm³/mol. The smallest absolute Gasteiger partial charge is 0.249 e. The zero-order valence-electron chi connectivity index (χ0n) is 21.6. The Morgan fingerprint density at radius 3 is 2.55 bits per heavy atom. The van der Waals surface area contributed by atoms with Gasteiger partial charge >= 0.3 is 0 Å². The molecule has 0 saturated carbocycles. The molecule has 0 radical (unpaired) electrons. The van der Waals surface area contributed by atoms with Gasteiger partial charge in [-0.25, -0.2) is 4.98 Å². The molecule has 4 aromatic rings. The van der Waals surface area contributed by atoms with E-state index in [4.69, 9.17) is 5.73 Å². The molecule has 0 fully saturated rings. The lowest BCUT2D eigenvalue weighted by Gasteiger charge is -2.28. The fourth-order valence-electron chi connectivity index (χ4n) is 4.63. The van der Waals surface area contributed by atoms with Crippen LogP contribution in [0, 0.1) is 0 Å². The molecule has 0 saturated heterocycles. The van der Waals surface area contributed by atoms with Gasteiger partial charge in [0, 0.05) is 29.3 Å². The van der Waals surface area contributed by atoms with E-state index in [1.54, 1.807) is 31.1 Å². The van der Waals surface area contributed by atoms with Crippen molar-refractivity contribution in [2.24, 2.45) is 5.73 Å². The molecule has 1 aliphatic heterocycles. The second-order valence-corrected chi connectivity index (χ2v) is 10.1. The Hall–Kier alpha value is -4.43. The van der Waals surface area contributed by atoms with Crippen LogP contribution in [0.25, 0.3) is 11.1 Å². The summed E-state index contributed by atoms with van der Waals surface area (Å²) in [5.41, 5.74) is 10.9. The Morgan fingerprint density at radius 1 is 1.08 bits per heavy atom. The maximum atomic E-state index is 13.7. The summed E-state index contributed by atoms with van der Waals surface area (Å²) in [4.78, 5) is 35.4. The molecule has 0 spiro atoms. The summed E-state index contributed by atoms with van der Waals surface area (Å²) < 4.78 is 0. The van der Waals surface area contributed by atoms with Gasteiger partial charge in [0.25, 0.3) is 0 Å². The summed E-state index contributed by atoms with van der Waals surface area (Å²) in [6.45, 7) is 3.67. The SMILES string of the molecule is CC(C)(N)C(=O)N[C@@H]1CCc2ccccc2N(Cc2ccc(-c3ccccc3Nc3ncc[nH]3)cc2)C1=O. The number of anilines is 3. The molecule has 0 unspecified atom stereocenters. The molecule has 38 heavy (non-hydrogen) atoms. The molecular formula is C30H32N6O2. The van der Waals surface area contributed by atoms with Gasteiger partial charge in [-0.1, -0.05) is 60.7 Å². The Kier molecular flexibility index (Phi) is 6.98. The van der Waals surface area contributed by atoms with Gasteiger partial charge in [0.05, 0.1) is 12.1 Å². The first-order chi connectivity index (χ1) is 18.3.